The van der Waals surface area contributed by atoms with E-state index in [1.54, 1.807) is 0 Å². The molecule has 0 spiro atoms. The van der Waals surface area contributed by atoms with Gasteiger partial charge in [0.15, 0.2) is 0 Å². The lowest BCUT2D eigenvalue weighted by atomic mass is 10.3. The average molecular weight is 138 g/mol. The molecule has 1 aliphatic carbocycles. The lowest BCUT2D eigenvalue weighted by molar-refractivity contribution is 0.358. The summed E-state index contributed by atoms with van der Waals surface area (Å²) in [7, 11) is 2.01. The first-order chi connectivity index (χ1) is 4.83. The van der Waals surface area contributed by atoms with Crippen molar-refractivity contribution < 1.29 is 0 Å². The lowest BCUT2D eigenvalue weighted by Gasteiger charge is -2.10. The summed E-state index contributed by atoms with van der Waals surface area (Å²) in [5.41, 5.74) is 0. The molecule has 10 heavy (non-hydrogen) atoms. The van der Waals surface area contributed by atoms with Crippen molar-refractivity contribution in [1.82, 2.24) is 4.90 Å². The molecular formula is C8H14N2. The molecule has 0 aromatic carbocycles. The highest BCUT2D eigenvalue weighted by atomic mass is 15.1. The topological polar surface area (TPSA) is 27.0 Å². The molecule has 1 fully saturated rings. The molecule has 1 aliphatic rings. The molecule has 0 N–H and O–H groups in total. The Hall–Kier alpha value is -0.550. The van der Waals surface area contributed by atoms with Crippen molar-refractivity contribution in [2.45, 2.75) is 19.3 Å². The van der Waals surface area contributed by atoms with Gasteiger partial charge < -0.3 is 0 Å². The van der Waals surface area contributed by atoms with E-state index in [9.17, 15) is 0 Å². The minimum Gasteiger partial charge on any atom is -0.294 e. The van der Waals surface area contributed by atoms with Crippen molar-refractivity contribution in [1.29, 1.82) is 5.26 Å². The van der Waals surface area contributed by atoms with Gasteiger partial charge in [-0.3, -0.25) is 4.90 Å². The maximum Gasteiger partial charge on any atom is 0.0863 e. The second-order valence-electron chi connectivity index (χ2n) is 3.13. The number of rotatable bonds is 4. The fraction of sp³-hybridized carbons (Fsp3) is 0.875. The van der Waals surface area contributed by atoms with E-state index in [1.807, 2.05) is 7.05 Å². The fourth-order valence-electron chi connectivity index (χ4n) is 1.01. The van der Waals surface area contributed by atoms with E-state index in [1.165, 1.54) is 19.3 Å². The molecule has 0 radical (unpaired) electrons. The van der Waals surface area contributed by atoms with Gasteiger partial charge in [0, 0.05) is 0 Å². The highest BCUT2D eigenvalue weighted by Crippen LogP contribution is 2.32. The van der Waals surface area contributed by atoms with Crippen LogP contribution >= 0.6 is 0 Å². The SMILES string of the molecule is CN(CC#N)CCC1CC1. The molecular weight excluding hydrogens is 124 g/mol. The van der Waals surface area contributed by atoms with Crippen molar-refractivity contribution in [3.8, 4) is 6.07 Å². The van der Waals surface area contributed by atoms with E-state index in [0.717, 1.165) is 12.5 Å². The summed E-state index contributed by atoms with van der Waals surface area (Å²) in [6.07, 6.45) is 4.12. The molecule has 0 bridgehead atoms. The summed E-state index contributed by atoms with van der Waals surface area (Å²) in [6.45, 7) is 1.67. The molecule has 0 amide bonds. The van der Waals surface area contributed by atoms with E-state index in [4.69, 9.17) is 5.26 Å². The van der Waals surface area contributed by atoms with Gasteiger partial charge in [-0.05, 0) is 25.9 Å². The normalized spacial score (nSPS) is 17.3. The Kier molecular flexibility index (Phi) is 2.70. The number of nitrogens with zero attached hydrogens (tertiary/aromatic N) is 2. The van der Waals surface area contributed by atoms with Crippen LogP contribution < -0.4 is 0 Å². The van der Waals surface area contributed by atoms with Gasteiger partial charge >= 0.3 is 0 Å². The molecule has 56 valence electrons. The maximum absolute atomic E-state index is 8.33. The summed E-state index contributed by atoms with van der Waals surface area (Å²) in [5, 5.41) is 8.33. The number of nitriles is 1. The van der Waals surface area contributed by atoms with Gasteiger partial charge in [-0.1, -0.05) is 12.8 Å². The van der Waals surface area contributed by atoms with Crippen LogP contribution in [0, 0.1) is 17.2 Å². The summed E-state index contributed by atoms with van der Waals surface area (Å²) >= 11 is 0. The molecule has 0 heterocycles. The van der Waals surface area contributed by atoms with E-state index < -0.39 is 0 Å². The third-order valence-corrected chi connectivity index (χ3v) is 1.96. The monoisotopic (exact) mass is 138 g/mol. The Bertz CT molecular complexity index is 133. The first-order valence-corrected chi connectivity index (χ1v) is 3.88. The van der Waals surface area contributed by atoms with Crippen LogP contribution in [0.1, 0.15) is 19.3 Å². The molecule has 0 unspecified atom stereocenters. The van der Waals surface area contributed by atoms with Crippen molar-refractivity contribution >= 4 is 0 Å². The van der Waals surface area contributed by atoms with E-state index >= 15 is 0 Å². The molecule has 0 aromatic heterocycles. The van der Waals surface area contributed by atoms with Crippen LogP contribution in [0.15, 0.2) is 0 Å². The first-order valence-electron chi connectivity index (χ1n) is 3.88. The third kappa shape index (κ3) is 2.84. The fourth-order valence-corrected chi connectivity index (χ4v) is 1.01. The smallest absolute Gasteiger partial charge is 0.0863 e. The summed E-state index contributed by atoms with van der Waals surface area (Å²) in [5.74, 6) is 0.987. The van der Waals surface area contributed by atoms with Crippen LogP contribution in [-0.4, -0.2) is 25.0 Å². The van der Waals surface area contributed by atoms with E-state index in [0.29, 0.717) is 6.54 Å². The van der Waals surface area contributed by atoms with Crippen molar-refractivity contribution in [3.05, 3.63) is 0 Å². The Balaban J connectivity index is 1.95. The Labute approximate surface area is 62.4 Å². The Morgan fingerprint density at radius 1 is 1.60 bits per heavy atom. The van der Waals surface area contributed by atoms with E-state index in [-0.39, 0.29) is 0 Å². The number of hydrogen-bond donors (Lipinski definition) is 0. The van der Waals surface area contributed by atoms with Crippen molar-refractivity contribution in [2.75, 3.05) is 20.1 Å². The van der Waals surface area contributed by atoms with Gasteiger partial charge in [0.2, 0.25) is 0 Å². The van der Waals surface area contributed by atoms with Gasteiger partial charge in [0.1, 0.15) is 0 Å². The average Bonchev–Trinajstić information content (AvgIpc) is 2.67. The molecule has 0 aliphatic heterocycles. The summed E-state index contributed by atoms with van der Waals surface area (Å²) in [4.78, 5) is 2.08. The second-order valence-corrected chi connectivity index (χ2v) is 3.13. The van der Waals surface area contributed by atoms with Gasteiger partial charge in [-0.15, -0.1) is 0 Å². The van der Waals surface area contributed by atoms with Gasteiger partial charge in [0.05, 0.1) is 12.6 Å². The zero-order chi connectivity index (χ0) is 7.40. The molecule has 1 rings (SSSR count). The highest BCUT2D eigenvalue weighted by Gasteiger charge is 2.20. The lowest BCUT2D eigenvalue weighted by Crippen LogP contribution is -2.19. The van der Waals surface area contributed by atoms with Gasteiger partial charge in [-0.25, -0.2) is 0 Å². The van der Waals surface area contributed by atoms with Crippen LogP contribution in [0.5, 0.6) is 0 Å². The standard InChI is InChI=1S/C8H14N2/c1-10(7-5-9)6-4-8-2-3-8/h8H,2-4,6-7H2,1H3. The van der Waals surface area contributed by atoms with Gasteiger partial charge in [-0.2, -0.15) is 5.26 Å². The molecule has 0 atom stereocenters. The summed E-state index contributed by atoms with van der Waals surface area (Å²) in [6, 6.07) is 2.14. The second kappa shape index (κ2) is 3.58. The van der Waals surface area contributed by atoms with Crippen LogP contribution in [0.2, 0.25) is 0 Å². The first kappa shape index (κ1) is 7.56. The number of hydrogen-bond acceptors (Lipinski definition) is 2. The zero-order valence-corrected chi connectivity index (χ0v) is 6.51. The molecule has 0 saturated heterocycles. The predicted octanol–water partition coefficient (Wildman–Crippen LogP) is 1.24. The third-order valence-electron chi connectivity index (χ3n) is 1.96. The van der Waals surface area contributed by atoms with Crippen LogP contribution in [-0.2, 0) is 0 Å². The maximum atomic E-state index is 8.33. The van der Waals surface area contributed by atoms with Crippen LogP contribution in [0.4, 0.5) is 0 Å². The highest BCUT2D eigenvalue weighted by molar-refractivity contribution is 4.77. The minimum absolute atomic E-state index is 0.576. The van der Waals surface area contributed by atoms with Gasteiger partial charge in [0.25, 0.3) is 0 Å². The van der Waals surface area contributed by atoms with Crippen molar-refractivity contribution in [2.24, 2.45) is 5.92 Å². The van der Waals surface area contributed by atoms with E-state index in [2.05, 4.69) is 11.0 Å². The molecule has 0 aromatic rings. The quantitative estimate of drug-likeness (QED) is 0.546. The van der Waals surface area contributed by atoms with Crippen LogP contribution in [0.25, 0.3) is 0 Å². The molecule has 2 heteroatoms. The molecule has 1 saturated carbocycles. The molecule has 2 nitrogen and oxygen atoms in total. The van der Waals surface area contributed by atoms with Crippen molar-refractivity contribution in [3.63, 3.8) is 0 Å². The zero-order valence-electron chi connectivity index (χ0n) is 6.51. The Morgan fingerprint density at radius 2 is 2.30 bits per heavy atom. The summed E-state index contributed by atoms with van der Waals surface area (Å²) < 4.78 is 0. The largest absolute Gasteiger partial charge is 0.294 e. The predicted molar refractivity (Wildman–Crippen MR) is 40.5 cm³/mol. The van der Waals surface area contributed by atoms with Crippen LogP contribution in [0.3, 0.4) is 0 Å². The minimum atomic E-state index is 0.576. The Morgan fingerprint density at radius 3 is 2.80 bits per heavy atom.